The van der Waals surface area contributed by atoms with Crippen LogP contribution in [0.3, 0.4) is 0 Å². The molecule has 0 radical (unpaired) electrons. The first-order valence-corrected chi connectivity index (χ1v) is 7.05. The molecule has 0 aromatic carbocycles. The van der Waals surface area contributed by atoms with Crippen LogP contribution in [-0.2, 0) is 13.5 Å². The van der Waals surface area contributed by atoms with E-state index in [1.807, 2.05) is 7.05 Å². The summed E-state index contributed by atoms with van der Waals surface area (Å²) in [5, 5.41) is 7.95. The monoisotopic (exact) mass is 252 g/mol. The van der Waals surface area contributed by atoms with Crippen molar-refractivity contribution in [3.05, 3.63) is 12.2 Å². The van der Waals surface area contributed by atoms with Crippen LogP contribution in [0.15, 0.2) is 6.33 Å². The minimum atomic E-state index is 0.619. The zero-order valence-corrected chi connectivity index (χ0v) is 12.5. The molecule has 0 saturated carbocycles. The van der Waals surface area contributed by atoms with Crippen molar-refractivity contribution in [2.75, 3.05) is 6.54 Å². The maximum absolute atomic E-state index is 4.29. The van der Waals surface area contributed by atoms with Gasteiger partial charge in [-0.05, 0) is 24.7 Å². The fraction of sp³-hybridized carbons (Fsp3) is 0.857. The zero-order valence-electron chi connectivity index (χ0n) is 12.5. The molecule has 4 heteroatoms. The number of hydrogen-bond acceptors (Lipinski definition) is 3. The van der Waals surface area contributed by atoms with E-state index < -0.39 is 0 Å². The van der Waals surface area contributed by atoms with E-state index in [0.717, 1.165) is 30.6 Å². The van der Waals surface area contributed by atoms with Gasteiger partial charge >= 0.3 is 0 Å². The zero-order chi connectivity index (χ0) is 13.5. The molecule has 1 rings (SSSR count). The predicted molar refractivity (Wildman–Crippen MR) is 75.4 cm³/mol. The maximum Gasteiger partial charge on any atom is 0.151 e. The second kappa shape index (κ2) is 7.52. The van der Waals surface area contributed by atoms with E-state index in [9.17, 15) is 0 Å². The minimum Gasteiger partial charge on any atom is -0.314 e. The summed E-state index contributed by atoms with van der Waals surface area (Å²) in [5.41, 5.74) is 0. The molecule has 1 aromatic rings. The van der Waals surface area contributed by atoms with Gasteiger partial charge in [-0.15, -0.1) is 0 Å². The van der Waals surface area contributed by atoms with E-state index in [4.69, 9.17) is 0 Å². The number of hydrogen-bond donors (Lipinski definition) is 1. The van der Waals surface area contributed by atoms with E-state index >= 15 is 0 Å². The first-order chi connectivity index (χ1) is 8.47. The van der Waals surface area contributed by atoms with Gasteiger partial charge in [-0.2, -0.15) is 5.10 Å². The molecular formula is C14H28N4. The second-order valence-electron chi connectivity index (χ2n) is 5.99. The summed E-state index contributed by atoms with van der Waals surface area (Å²) in [5.74, 6) is 2.42. The van der Waals surface area contributed by atoms with Crippen LogP contribution in [0.5, 0.6) is 0 Å². The number of rotatable bonds is 8. The highest BCUT2D eigenvalue weighted by Crippen LogP contribution is 2.13. The van der Waals surface area contributed by atoms with Crippen molar-refractivity contribution in [3.63, 3.8) is 0 Å². The summed E-state index contributed by atoms with van der Waals surface area (Å²) in [6, 6.07) is 0.619. The molecule has 1 N–H and O–H groups in total. The van der Waals surface area contributed by atoms with Crippen molar-refractivity contribution in [1.29, 1.82) is 0 Å². The van der Waals surface area contributed by atoms with Gasteiger partial charge in [0.15, 0.2) is 5.82 Å². The van der Waals surface area contributed by atoms with Gasteiger partial charge in [-0.3, -0.25) is 4.68 Å². The Morgan fingerprint density at radius 2 is 1.78 bits per heavy atom. The van der Waals surface area contributed by atoms with Crippen LogP contribution in [0, 0.1) is 11.8 Å². The minimum absolute atomic E-state index is 0.619. The molecule has 0 atom stereocenters. The van der Waals surface area contributed by atoms with Crippen LogP contribution in [0.1, 0.15) is 46.4 Å². The van der Waals surface area contributed by atoms with Crippen molar-refractivity contribution >= 4 is 0 Å². The Morgan fingerprint density at radius 3 is 2.22 bits per heavy atom. The Balaban J connectivity index is 2.32. The Morgan fingerprint density at radius 1 is 1.17 bits per heavy atom. The van der Waals surface area contributed by atoms with Crippen LogP contribution in [0.2, 0.25) is 0 Å². The molecule has 0 saturated heterocycles. The summed E-state index contributed by atoms with van der Waals surface area (Å²) in [6.45, 7) is 10.1. The Bertz CT molecular complexity index is 320. The predicted octanol–water partition coefficient (Wildman–Crippen LogP) is 2.41. The van der Waals surface area contributed by atoms with E-state index in [0.29, 0.717) is 6.04 Å². The topological polar surface area (TPSA) is 42.7 Å². The van der Waals surface area contributed by atoms with Crippen LogP contribution >= 0.6 is 0 Å². The first kappa shape index (κ1) is 15.2. The fourth-order valence-corrected chi connectivity index (χ4v) is 2.29. The molecule has 1 heterocycles. The molecule has 1 aromatic heterocycles. The third-order valence-corrected chi connectivity index (χ3v) is 2.94. The summed E-state index contributed by atoms with van der Waals surface area (Å²) in [7, 11) is 1.91. The molecule has 0 amide bonds. The summed E-state index contributed by atoms with van der Waals surface area (Å²) >= 11 is 0. The lowest BCUT2D eigenvalue weighted by Crippen LogP contribution is -2.33. The van der Waals surface area contributed by atoms with Crippen molar-refractivity contribution < 1.29 is 0 Å². The highest BCUT2D eigenvalue weighted by atomic mass is 15.3. The largest absolute Gasteiger partial charge is 0.314 e. The lowest BCUT2D eigenvalue weighted by Gasteiger charge is -2.22. The van der Waals surface area contributed by atoms with Gasteiger partial charge < -0.3 is 5.32 Å². The third kappa shape index (κ3) is 6.15. The fourth-order valence-electron chi connectivity index (χ4n) is 2.29. The smallest absolute Gasteiger partial charge is 0.151 e. The standard InChI is InChI=1S/C14H28N4/c1-11(2)8-13(9-12(3)4)15-7-6-14-16-10-18(5)17-14/h10-13,15H,6-9H2,1-5H3. The summed E-state index contributed by atoms with van der Waals surface area (Å²) in [4.78, 5) is 4.25. The average Bonchev–Trinajstić information content (AvgIpc) is 2.62. The van der Waals surface area contributed by atoms with Gasteiger partial charge in [0, 0.05) is 26.1 Å². The Hall–Kier alpha value is -0.900. The van der Waals surface area contributed by atoms with E-state index in [1.165, 1.54) is 12.8 Å². The van der Waals surface area contributed by atoms with Gasteiger partial charge in [-0.1, -0.05) is 27.7 Å². The molecule has 4 nitrogen and oxygen atoms in total. The highest BCUT2D eigenvalue weighted by Gasteiger charge is 2.12. The SMILES string of the molecule is CC(C)CC(CC(C)C)NCCc1ncn(C)n1. The maximum atomic E-state index is 4.29. The quantitative estimate of drug-likeness (QED) is 0.772. The van der Waals surface area contributed by atoms with Gasteiger partial charge in [0.1, 0.15) is 6.33 Å². The van der Waals surface area contributed by atoms with Gasteiger partial charge in [0.2, 0.25) is 0 Å². The highest BCUT2D eigenvalue weighted by molar-refractivity contribution is 4.83. The number of nitrogens with one attached hydrogen (secondary N) is 1. The lowest BCUT2D eigenvalue weighted by molar-refractivity contribution is 0.360. The average molecular weight is 252 g/mol. The van der Waals surface area contributed by atoms with Crippen molar-refractivity contribution in [2.24, 2.45) is 18.9 Å². The summed E-state index contributed by atoms with van der Waals surface area (Å²) < 4.78 is 1.76. The van der Waals surface area contributed by atoms with Gasteiger partial charge in [0.25, 0.3) is 0 Å². The van der Waals surface area contributed by atoms with E-state index in [-0.39, 0.29) is 0 Å². The molecule has 0 unspecified atom stereocenters. The van der Waals surface area contributed by atoms with Crippen LogP contribution in [0.25, 0.3) is 0 Å². The van der Waals surface area contributed by atoms with Crippen LogP contribution < -0.4 is 5.32 Å². The molecule has 0 fully saturated rings. The molecule has 0 spiro atoms. The van der Waals surface area contributed by atoms with Crippen molar-refractivity contribution in [2.45, 2.75) is 53.0 Å². The van der Waals surface area contributed by atoms with Gasteiger partial charge in [0.05, 0.1) is 0 Å². The molecule has 0 aliphatic carbocycles. The van der Waals surface area contributed by atoms with Crippen LogP contribution in [-0.4, -0.2) is 27.4 Å². The Kier molecular flexibility index (Phi) is 6.33. The third-order valence-electron chi connectivity index (χ3n) is 2.94. The summed E-state index contributed by atoms with van der Waals surface area (Å²) in [6.07, 6.45) is 5.16. The van der Waals surface area contributed by atoms with Gasteiger partial charge in [-0.25, -0.2) is 4.98 Å². The van der Waals surface area contributed by atoms with Crippen LogP contribution in [0.4, 0.5) is 0 Å². The molecule has 104 valence electrons. The van der Waals surface area contributed by atoms with E-state index in [2.05, 4.69) is 43.1 Å². The number of aryl methyl sites for hydroxylation is 1. The number of aromatic nitrogens is 3. The Labute approximate surface area is 111 Å². The van der Waals surface area contributed by atoms with Crippen molar-refractivity contribution in [1.82, 2.24) is 20.1 Å². The first-order valence-electron chi connectivity index (χ1n) is 7.05. The lowest BCUT2D eigenvalue weighted by atomic mass is 9.95. The molecule has 0 bridgehead atoms. The number of nitrogens with zero attached hydrogens (tertiary/aromatic N) is 3. The molecular weight excluding hydrogens is 224 g/mol. The molecule has 0 aliphatic heterocycles. The molecule has 18 heavy (non-hydrogen) atoms. The van der Waals surface area contributed by atoms with Crippen molar-refractivity contribution in [3.8, 4) is 0 Å². The van der Waals surface area contributed by atoms with E-state index in [1.54, 1.807) is 11.0 Å². The molecule has 0 aliphatic rings. The normalized spacial score (nSPS) is 12.0. The second-order valence-corrected chi connectivity index (χ2v) is 5.99.